The lowest BCUT2D eigenvalue weighted by molar-refractivity contribution is 0.917. The standard InChI is InChI=1S/C15H12Cl2N2OS/c1-7(16)13-18-14(20)12-11(8(2)21-15(12)19-13)9-4-3-5-10(17)6-9/h3-7H,1-2H3,(H,18,19,20). The van der Waals surface area contributed by atoms with Gasteiger partial charge in [0, 0.05) is 15.5 Å². The fourth-order valence-electron chi connectivity index (χ4n) is 2.32. The molecule has 0 aliphatic heterocycles. The first-order valence-electron chi connectivity index (χ1n) is 6.40. The minimum atomic E-state index is -0.334. The lowest BCUT2D eigenvalue weighted by atomic mass is 10.0. The van der Waals surface area contributed by atoms with Crippen LogP contribution in [0, 0.1) is 6.92 Å². The minimum absolute atomic E-state index is 0.165. The molecule has 3 nitrogen and oxygen atoms in total. The molecule has 3 aromatic rings. The summed E-state index contributed by atoms with van der Waals surface area (Å²) in [5, 5.41) is 0.904. The number of aromatic nitrogens is 2. The first-order valence-corrected chi connectivity index (χ1v) is 8.04. The summed E-state index contributed by atoms with van der Waals surface area (Å²) in [5.41, 5.74) is 1.65. The predicted molar refractivity (Wildman–Crippen MR) is 89.7 cm³/mol. The van der Waals surface area contributed by atoms with E-state index in [1.807, 2.05) is 31.2 Å². The Kier molecular flexibility index (Phi) is 3.78. The predicted octanol–water partition coefficient (Wildman–Crippen LogP) is 4.91. The summed E-state index contributed by atoms with van der Waals surface area (Å²) in [4.78, 5) is 21.4. The number of thiophene rings is 1. The smallest absolute Gasteiger partial charge is 0.260 e. The molecular formula is C15H12Cl2N2OS. The van der Waals surface area contributed by atoms with E-state index in [0.29, 0.717) is 21.1 Å². The highest BCUT2D eigenvalue weighted by molar-refractivity contribution is 7.19. The van der Waals surface area contributed by atoms with Gasteiger partial charge in [-0.25, -0.2) is 4.98 Å². The molecule has 0 aliphatic carbocycles. The average Bonchev–Trinajstić information content (AvgIpc) is 2.75. The Hall–Kier alpha value is -1.36. The van der Waals surface area contributed by atoms with Crippen LogP contribution in [-0.2, 0) is 0 Å². The quantitative estimate of drug-likeness (QED) is 0.674. The molecule has 0 amide bonds. The van der Waals surface area contributed by atoms with E-state index in [9.17, 15) is 4.79 Å². The summed E-state index contributed by atoms with van der Waals surface area (Å²) in [5.74, 6) is 0.494. The van der Waals surface area contributed by atoms with Gasteiger partial charge in [-0.1, -0.05) is 23.7 Å². The molecule has 0 saturated carbocycles. The molecule has 0 saturated heterocycles. The van der Waals surface area contributed by atoms with Crippen LogP contribution in [0.15, 0.2) is 29.1 Å². The van der Waals surface area contributed by atoms with Crippen molar-refractivity contribution in [3.63, 3.8) is 0 Å². The van der Waals surface area contributed by atoms with E-state index in [1.54, 1.807) is 6.92 Å². The van der Waals surface area contributed by atoms with Crippen LogP contribution >= 0.6 is 34.5 Å². The number of nitrogens with zero attached hydrogens (tertiary/aromatic N) is 1. The molecule has 2 aromatic heterocycles. The zero-order valence-electron chi connectivity index (χ0n) is 11.4. The summed E-state index contributed by atoms with van der Waals surface area (Å²) in [6.07, 6.45) is 0. The van der Waals surface area contributed by atoms with E-state index < -0.39 is 0 Å². The number of H-pyrrole nitrogens is 1. The number of rotatable bonds is 2. The van der Waals surface area contributed by atoms with Crippen molar-refractivity contribution < 1.29 is 0 Å². The molecule has 1 N–H and O–H groups in total. The van der Waals surface area contributed by atoms with Crippen molar-refractivity contribution in [1.29, 1.82) is 0 Å². The van der Waals surface area contributed by atoms with Gasteiger partial charge >= 0.3 is 0 Å². The second-order valence-corrected chi connectivity index (χ2v) is 7.09. The van der Waals surface area contributed by atoms with Gasteiger partial charge in [-0.15, -0.1) is 22.9 Å². The average molecular weight is 339 g/mol. The molecule has 0 fully saturated rings. The lowest BCUT2D eigenvalue weighted by Crippen LogP contribution is -2.11. The van der Waals surface area contributed by atoms with Gasteiger partial charge in [0.05, 0.1) is 10.8 Å². The van der Waals surface area contributed by atoms with Crippen LogP contribution in [-0.4, -0.2) is 9.97 Å². The van der Waals surface area contributed by atoms with Crippen LogP contribution < -0.4 is 5.56 Å². The fourth-order valence-corrected chi connectivity index (χ4v) is 3.66. The summed E-state index contributed by atoms with van der Waals surface area (Å²) in [6, 6.07) is 7.48. The maximum atomic E-state index is 12.4. The van der Waals surface area contributed by atoms with E-state index in [4.69, 9.17) is 23.2 Å². The molecule has 0 radical (unpaired) electrons. The zero-order chi connectivity index (χ0) is 15.1. The highest BCUT2D eigenvalue weighted by Crippen LogP contribution is 2.36. The minimum Gasteiger partial charge on any atom is -0.309 e. The third-order valence-corrected chi connectivity index (χ3v) is 4.69. The summed E-state index contributed by atoms with van der Waals surface area (Å²) in [7, 11) is 0. The summed E-state index contributed by atoms with van der Waals surface area (Å²) >= 11 is 13.6. The zero-order valence-corrected chi connectivity index (χ0v) is 13.7. The Bertz CT molecular complexity index is 883. The Balaban J connectivity index is 2.34. The number of fused-ring (bicyclic) bond motifs is 1. The molecular weight excluding hydrogens is 327 g/mol. The number of aromatic amines is 1. The molecule has 2 heterocycles. The van der Waals surface area contributed by atoms with Gasteiger partial charge in [-0.05, 0) is 31.5 Å². The third-order valence-electron chi connectivity index (χ3n) is 3.25. The van der Waals surface area contributed by atoms with Crippen molar-refractivity contribution in [2.75, 3.05) is 0 Å². The first-order chi connectivity index (χ1) is 9.97. The molecule has 1 atom stereocenters. The van der Waals surface area contributed by atoms with Crippen LogP contribution in [0.4, 0.5) is 0 Å². The van der Waals surface area contributed by atoms with Crippen LogP contribution in [0.5, 0.6) is 0 Å². The molecule has 0 aliphatic rings. The van der Waals surface area contributed by atoms with Crippen molar-refractivity contribution in [2.45, 2.75) is 19.2 Å². The number of nitrogens with one attached hydrogen (secondary N) is 1. The number of benzene rings is 1. The lowest BCUT2D eigenvalue weighted by Gasteiger charge is -2.04. The second-order valence-electron chi connectivity index (χ2n) is 4.79. The fraction of sp³-hybridized carbons (Fsp3) is 0.200. The number of halogens is 2. The molecule has 108 valence electrons. The number of hydrogen-bond acceptors (Lipinski definition) is 3. The number of aryl methyl sites for hydroxylation is 1. The van der Waals surface area contributed by atoms with Gasteiger partial charge in [0.1, 0.15) is 10.7 Å². The molecule has 21 heavy (non-hydrogen) atoms. The van der Waals surface area contributed by atoms with Crippen molar-refractivity contribution >= 4 is 44.8 Å². The van der Waals surface area contributed by atoms with Crippen molar-refractivity contribution in [3.8, 4) is 11.1 Å². The van der Waals surface area contributed by atoms with Crippen LogP contribution in [0.25, 0.3) is 21.3 Å². The normalized spacial score (nSPS) is 12.8. The van der Waals surface area contributed by atoms with Gasteiger partial charge in [0.2, 0.25) is 0 Å². The number of alkyl halides is 1. The largest absolute Gasteiger partial charge is 0.309 e. The highest BCUT2D eigenvalue weighted by atomic mass is 35.5. The summed E-state index contributed by atoms with van der Waals surface area (Å²) in [6.45, 7) is 3.76. The van der Waals surface area contributed by atoms with Crippen molar-refractivity contribution in [2.24, 2.45) is 0 Å². The van der Waals surface area contributed by atoms with Crippen LogP contribution in [0.1, 0.15) is 23.0 Å². The molecule has 0 bridgehead atoms. The van der Waals surface area contributed by atoms with Gasteiger partial charge in [-0.2, -0.15) is 0 Å². The Labute approximate surface area is 135 Å². The summed E-state index contributed by atoms with van der Waals surface area (Å²) < 4.78 is 0. The second kappa shape index (κ2) is 5.44. The van der Waals surface area contributed by atoms with Crippen molar-refractivity contribution in [3.05, 3.63) is 50.3 Å². The van der Waals surface area contributed by atoms with Gasteiger partial charge < -0.3 is 4.98 Å². The monoisotopic (exact) mass is 338 g/mol. The maximum Gasteiger partial charge on any atom is 0.260 e. The van der Waals surface area contributed by atoms with Gasteiger partial charge in [0.15, 0.2) is 0 Å². The Morgan fingerprint density at radius 2 is 2.14 bits per heavy atom. The number of hydrogen-bond donors (Lipinski definition) is 1. The van der Waals surface area contributed by atoms with Crippen LogP contribution in [0.3, 0.4) is 0 Å². The van der Waals surface area contributed by atoms with Gasteiger partial charge in [-0.3, -0.25) is 4.79 Å². The topological polar surface area (TPSA) is 45.8 Å². The van der Waals surface area contributed by atoms with Crippen molar-refractivity contribution in [1.82, 2.24) is 9.97 Å². The SMILES string of the molecule is Cc1sc2nc(C(C)Cl)[nH]c(=O)c2c1-c1cccc(Cl)c1. The third kappa shape index (κ3) is 2.59. The molecule has 0 spiro atoms. The maximum absolute atomic E-state index is 12.4. The highest BCUT2D eigenvalue weighted by Gasteiger charge is 2.17. The van der Waals surface area contributed by atoms with E-state index in [0.717, 1.165) is 16.0 Å². The molecule has 1 unspecified atom stereocenters. The Morgan fingerprint density at radius 1 is 1.38 bits per heavy atom. The van der Waals surface area contributed by atoms with E-state index in [1.165, 1.54) is 11.3 Å². The Morgan fingerprint density at radius 3 is 2.81 bits per heavy atom. The van der Waals surface area contributed by atoms with E-state index in [-0.39, 0.29) is 10.9 Å². The molecule has 3 rings (SSSR count). The van der Waals surface area contributed by atoms with Gasteiger partial charge in [0.25, 0.3) is 5.56 Å². The van der Waals surface area contributed by atoms with Crippen LogP contribution in [0.2, 0.25) is 5.02 Å². The molecule has 1 aromatic carbocycles. The van der Waals surface area contributed by atoms with E-state index >= 15 is 0 Å². The first kappa shape index (κ1) is 14.6. The van der Waals surface area contributed by atoms with E-state index in [2.05, 4.69) is 9.97 Å². The molecule has 6 heteroatoms.